The Morgan fingerprint density at radius 1 is 1.05 bits per heavy atom. The second-order valence-electron chi connectivity index (χ2n) is 6.54. The van der Waals surface area contributed by atoms with E-state index in [-0.39, 0.29) is 23.7 Å². The molecule has 2 amide bonds. The van der Waals surface area contributed by atoms with Crippen LogP contribution in [0.2, 0.25) is 0 Å². The van der Waals surface area contributed by atoms with Gasteiger partial charge in [0.15, 0.2) is 0 Å². The van der Waals surface area contributed by atoms with Gasteiger partial charge in [0, 0.05) is 4.47 Å². The van der Waals surface area contributed by atoms with Crippen molar-refractivity contribution in [1.82, 2.24) is 0 Å². The average Bonchev–Trinajstić information content (AvgIpc) is 2.67. The summed E-state index contributed by atoms with van der Waals surface area (Å²) in [6, 6.07) is 3.85. The molecule has 0 aromatic heterocycles. The van der Waals surface area contributed by atoms with Gasteiger partial charge in [0.25, 0.3) is 0 Å². The Labute approximate surface area is 133 Å². The Hall–Kier alpha value is -1.16. The van der Waals surface area contributed by atoms with Gasteiger partial charge in [0.05, 0.1) is 17.5 Å². The number of anilines is 1. The third kappa shape index (κ3) is 2.33. The lowest BCUT2D eigenvalue weighted by Gasteiger charge is -2.25. The predicted octanol–water partition coefficient (Wildman–Crippen LogP) is 3.99. The van der Waals surface area contributed by atoms with E-state index < -0.39 is 0 Å². The van der Waals surface area contributed by atoms with Gasteiger partial charge in [-0.05, 0) is 62.3 Å². The molecule has 2 fully saturated rings. The number of imide groups is 1. The van der Waals surface area contributed by atoms with Crippen LogP contribution in [0, 0.1) is 31.6 Å². The minimum Gasteiger partial charge on any atom is -0.274 e. The number of aryl methyl sites for hydroxylation is 2. The predicted molar refractivity (Wildman–Crippen MR) is 86.1 cm³/mol. The molecule has 4 heteroatoms. The Morgan fingerprint density at radius 2 is 1.62 bits per heavy atom. The van der Waals surface area contributed by atoms with Crippen LogP contribution in [0.4, 0.5) is 5.69 Å². The average molecular weight is 350 g/mol. The van der Waals surface area contributed by atoms with Crippen molar-refractivity contribution >= 4 is 33.4 Å². The molecule has 2 aliphatic rings. The number of amides is 2. The van der Waals surface area contributed by atoms with Crippen molar-refractivity contribution in [1.29, 1.82) is 0 Å². The maximum atomic E-state index is 12.7. The fourth-order valence-electron chi connectivity index (χ4n) is 3.70. The molecule has 0 N–H and O–H groups in total. The summed E-state index contributed by atoms with van der Waals surface area (Å²) in [5.74, 6) is 0.329. The first-order valence-electron chi connectivity index (χ1n) is 7.54. The summed E-state index contributed by atoms with van der Waals surface area (Å²) >= 11 is 3.53. The maximum Gasteiger partial charge on any atom is 0.237 e. The first kappa shape index (κ1) is 14.8. The van der Waals surface area contributed by atoms with E-state index in [2.05, 4.69) is 22.9 Å². The molecule has 1 aliphatic heterocycles. The third-order valence-electron chi connectivity index (χ3n) is 4.87. The highest BCUT2D eigenvalue weighted by molar-refractivity contribution is 9.10. The zero-order valence-electron chi connectivity index (χ0n) is 12.6. The SMILES string of the molecule is Cc1cc(N2C(=O)[C@H]3CC[C@H](C)C[C@H]3C2=O)cc(C)c1Br. The zero-order chi connectivity index (χ0) is 15.3. The summed E-state index contributed by atoms with van der Waals surface area (Å²) in [5, 5.41) is 0. The molecule has 3 nitrogen and oxygen atoms in total. The molecular formula is C17H20BrNO2. The molecule has 1 saturated carbocycles. The molecule has 0 bridgehead atoms. The largest absolute Gasteiger partial charge is 0.274 e. The molecule has 1 heterocycles. The van der Waals surface area contributed by atoms with Gasteiger partial charge in [0.2, 0.25) is 11.8 Å². The number of fused-ring (bicyclic) bond motifs is 1. The molecule has 3 rings (SSSR count). The van der Waals surface area contributed by atoms with Crippen LogP contribution in [0.15, 0.2) is 16.6 Å². The minimum atomic E-state index is -0.106. The van der Waals surface area contributed by atoms with Gasteiger partial charge in [-0.25, -0.2) is 0 Å². The summed E-state index contributed by atoms with van der Waals surface area (Å²) in [7, 11) is 0. The van der Waals surface area contributed by atoms with Crippen molar-refractivity contribution < 1.29 is 9.59 Å². The van der Waals surface area contributed by atoms with Gasteiger partial charge in [0.1, 0.15) is 0 Å². The number of halogens is 1. The second-order valence-corrected chi connectivity index (χ2v) is 7.33. The summed E-state index contributed by atoms with van der Waals surface area (Å²) in [5.41, 5.74) is 2.83. The van der Waals surface area contributed by atoms with E-state index in [9.17, 15) is 9.59 Å². The number of hydrogen-bond donors (Lipinski definition) is 0. The second kappa shape index (κ2) is 5.24. The van der Waals surface area contributed by atoms with Crippen LogP contribution in [-0.4, -0.2) is 11.8 Å². The molecule has 3 atom stereocenters. The van der Waals surface area contributed by atoms with Crippen LogP contribution in [0.5, 0.6) is 0 Å². The molecule has 1 aromatic rings. The van der Waals surface area contributed by atoms with E-state index in [1.807, 2.05) is 26.0 Å². The van der Waals surface area contributed by atoms with Gasteiger partial charge >= 0.3 is 0 Å². The molecule has 1 aliphatic carbocycles. The fraction of sp³-hybridized carbons (Fsp3) is 0.529. The van der Waals surface area contributed by atoms with Crippen LogP contribution >= 0.6 is 15.9 Å². The van der Waals surface area contributed by atoms with Crippen molar-refractivity contribution in [3.8, 4) is 0 Å². The van der Waals surface area contributed by atoms with Crippen molar-refractivity contribution in [2.24, 2.45) is 17.8 Å². The van der Waals surface area contributed by atoms with Gasteiger partial charge < -0.3 is 0 Å². The van der Waals surface area contributed by atoms with Crippen LogP contribution in [0.25, 0.3) is 0 Å². The van der Waals surface area contributed by atoms with Crippen molar-refractivity contribution in [2.75, 3.05) is 4.90 Å². The minimum absolute atomic E-state index is 0.00183. The highest BCUT2D eigenvalue weighted by Crippen LogP contribution is 2.42. The number of carbonyl (C=O) groups excluding carboxylic acids is 2. The highest BCUT2D eigenvalue weighted by Gasteiger charge is 2.50. The van der Waals surface area contributed by atoms with Gasteiger partial charge in [-0.3, -0.25) is 14.5 Å². The number of nitrogens with zero attached hydrogens (tertiary/aromatic N) is 1. The standard InChI is InChI=1S/C17H20BrNO2/c1-9-4-5-13-14(6-9)17(21)19(16(13)20)12-7-10(2)15(18)11(3)8-12/h7-9,13-14H,4-6H2,1-3H3/t9-,13-,14+/m0/s1. The summed E-state index contributed by atoms with van der Waals surface area (Å²) in [4.78, 5) is 26.8. The normalized spacial score (nSPS) is 29.0. The molecule has 21 heavy (non-hydrogen) atoms. The van der Waals surface area contributed by atoms with Crippen molar-refractivity contribution in [3.63, 3.8) is 0 Å². The smallest absolute Gasteiger partial charge is 0.237 e. The van der Waals surface area contributed by atoms with E-state index in [1.165, 1.54) is 4.90 Å². The van der Waals surface area contributed by atoms with Gasteiger partial charge in [-0.1, -0.05) is 22.9 Å². The summed E-state index contributed by atoms with van der Waals surface area (Å²) in [6.45, 7) is 6.14. The highest BCUT2D eigenvalue weighted by atomic mass is 79.9. The quantitative estimate of drug-likeness (QED) is 0.718. The molecule has 1 saturated heterocycles. The number of benzene rings is 1. The van der Waals surface area contributed by atoms with Crippen molar-refractivity contribution in [2.45, 2.75) is 40.0 Å². The number of hydrogen-bond acceptors (Lipinski definition) is 2. The lowest BCUT2D eigenvalue weighted by molar-refractivity contribution is -0.122. The lowest BCUT2D eigenvalue weighted by Crippen LogP contribution is -2.31. The van der Waals surface area contributed by atoms with Crippen LogP contribution < -0.4 is 4.90 Å². The Morgan fingerprint density at radius 3 is 2.24 bits per heavy atom. The Kier molecular flexibility index (Phi) is 3.68. The zero-order valence-corrected chi connectivity index (χ0v) is 14.2. The number of carbonyl (C=O) groups is 2. The molecular weight excluding hydrogens is 330 g/mol. The topological polar surface area (TPSA) is 37.4 Å². The van der Waals surface area contributed by atoms with Crippen LogP contribution in [-0.2, 0) is 9.59 Å². The van der Waals surface area contributed by atoms with Crippen LogP contribution in [0.3, 0.4) is 0 Å². The Bertz CT molecular complexity index is 602. The maximum absolute atomic E-state index is 12.7. The summed E-state index contributed by atoms with van der Waals surface area (Å²) in [6.07, 6.45) is 2.74. The van der Waals surface area contributed by atoms with E-state index in [1.54, 1.807) is 0 Å². The molecule has 112 valence electrons. The summed E-state index contributed by atoms with van der Waals surface area (Å²) < 4.78 is 1.04. The van der Waals surface area contributed by atoms with E-state index in [0.29, 0.717) is 5.92 Å². The third-order valence-corrected chi connectivity index (χ3v) is 6.12. The number of rotatable bonds is 1. The van der Waals surface area contributed by atoms with E-state index >= 15 is 0 Å². The van der Waals surface area contributed by atoms with E-state index in [0.717, 1.165) is 40.5 Å². The molecule has 0 spiro atoms. The van der Waals surface area contributed by atoms with Gasteiger partial charge in [-0.15, -0.1) is 0 Å². The molecule has 0 unspecified atom stereocenters. The first-order valence-corrected chi connectivity index (χ1v) is 8.34. The lowest BCUT2D eigenvalue weighted by atomic mass is 9.76. The monoisotopic (exact) mass is 349 g/mol. The van der Waals surface area contributed by atoms with Crippen LogP contribution in [0.1, 0.15) is 37.3 Å². The Balaban J connectivity index is 1.99. The molecule has 1 aromatic carbocycles. The van der Waals surface area contributed by atoms with Crippen molar-refractivity contribution in [3.05, 3.63) is 27.7 Å². The first-order chi connectivity index (χ1) is 9.90. The van der Waals surface area contributed by atoms with Gasteiger partial charge in [-0.2, -0.15) is 0 Å². The fourth-order valence-corrected chi connectivity index (χ4v) is 3.93. The molecule has 0 radical (unpaired) electrons. The van der Waals surface area contributed by atoms with E-state index in [4.69, 9.17) is 0 Å².